The van der Waals surface area contributed by atoms with E-state index in [1.54, 1.807) is 12.1 Å². The first-order chi connectivity index (χ1) is 12.7. The molecule has 6 nitrogen and oxygen atoms in total. The Bertz CT molecular complexity index is 837. The van der Waals surface area contributed by atoms with E-state index in [4.69, 9.17) is 9.15 Å². The number of nitrogens with zero attached hydrogens (tertiary/aromatic N) is 1. The van der Waals surface area contributed by atoms with E-state index in [-0.39, 0.29) is 5.56 Å². The van der Waals surface area contributed by atoms with Crippen LogP contribution in [0.25, 0.3) is 11.0 Å². The molecule has 3 rings (SSSR count). The average Bonchev–Trinajstić information content (AvgIpc) is 2.66. The largest absolute Gasteiger partial charge is 0.422 e. The SMILES string of the molecule is C=CCc1cccc2cc(C(=O)NCCCN3CCOCC3)c(=O)oc12. The van der Waals surface area contributed by atoms with Crippen LogP contribution in [0.2, 0.25) is 0 Å². The van der Waals surface area contributed by atoms with E-state index in [9.17, 15) is 9.59 Å². The second kappa shape index (κ2) is 8.78. The van der Waals surface area contributed by atoms with Crippen molar-refractivity contribution in [2.45, 2.75) is 12.8 Å². The van der Waals surface area contributed by atoms with Gasteiger partial charge in [-0.15, -0.1) is 6.58 Å². The molecular weight excluding hydrogens is 332 g/mol. The van der Waals surface area contributed by atoms with Gasteiger partial charge in [-0.25, -0.2) is 4.79 Å². The summed E-state index contributed by atoms with van der Waals surface area (Å²) in [7, 11) is 0. The molecule has 1 fully saturated rings. The number of nitrogens with one attached hydrogen (secondary N) is 1. The Kier molecular flexibility index (Phi) is 6.20. The first kappa shape index (κ1) is 18.4. The van der Waals surface area contributed by atoms with Crippen molar-refractivity contribution in [3.05, 3.63) is 58.5 Å². The van der Waals surface area contributed by atoms with Gasteiger partial charge in [0.15, 0.2) is 0 Å². The van der Waals surface area contributed by atoms with Gasteiger partial charge in [0, 0.05) is 25.0 Å². The highest BCUT2D eigenvalue weighted by Gasteiger charge is 2.15. The Balaban J connectivity index is 1.63. The third-order valence-corrected chi connectivity index (χ3v) is 4.49. The fourth-order valence-electron chi connectivity index (χ4n) is 3.10. The Morgan fingerprint density at radius 1 is 1.31 bits per heavy atom. The van der Waals surface area contributed by atoms with Crippen LogP contribution >= 0.6 is 0 Å². The van der Waals surface area contributed by atoms with Crippen molar-refractivity contribution in [3.63, 3.8) is 0 Å². The van der Waals surface area contributed by atoms with Gasteiger partial charge in [0.05, 0.1) is 13.2 Å². The first-order valence-corrected chi connectivity index (χ1v) is 8.94. The standard InChI is InChI=1S/C20H24N2O4/c1-2-5-15-6-3-7-16-14-17(20(24)26-18(15)16)19(23)21-8-4-9-22-10-12-25-13-11-22/h2-3,6-7,14H,1,4-5,8-13H2,(H,21,23). The third kappa shape index (κ3) is 4.39. The number of benzene rings is 1. The van der Waals surface area contributed by atoms with Crippen LogP contribution in [0.4, 0.5) is 0 Å². The average molecular weight is 356 g/mol. The zero-order chi connectivity index (χ0) is 18.4. The van der Waals surface area contributed by atoms with Crippen LogP contribution in [0.3, 0.4) is 0 Å². The molecule has 0 radical (unpaired) electrons. The van der Waals surface area contributed by atoms with Gasteiger partial charge >= 0.3 is 5.63 Å². The fourth-order valence-corrected chi connectivity index (χ4v) is 3.10. The van der Waals surface area contributed by atoms with Crippen molar-refractivity contribution in [2.75, 3.05) is 39.4 Å². The van der Waals surface area contributed by atoms with Crippen molar-refractivity contribution in [1.29, 1.82) is 0 Å². The fraction of sp³-hybridized carbons (Fsp3) is 0.400. The molecule has 0 aliphatic carbocycles. The summed E-state index contributed by atoms with van der Waals surface area (Å²) in [5.41, 5.74) is 0.827. The third-order valence-electron chi connectivity index (χ3n) is 4.49. The van der Waals surface area contributed by atoms with Crippen molar-refractivity contribution >= 4 is 16.9 Å². The lowest BCUT2D eigenvalue weighted by molar-refractivity contribution is 0.0374. The van der Waals surface area contributed by atoms with E-state index in [2.05, 4.69) is 16.8 Å². The lowest BCUT2D eigenvalue weighted by Gasteiger charge is -2.26. The molecular formula is C20H24N2O4. The topological polar surface area (TPSA) is 71.8 Å². The zero-order valence-electron chi connectivity index (χ0n) is 14.8. The predicted octanol–water partition coefficient (Wildman–Crippen LogP) is 1.97. The quantitative estimate of drug-likeness (QED) is 0.467. The Morgan fingerprint density at radius 2 is 2.12 bits per heavy atom. The van der Waals surface area contributed by atoms with Crippen LogP contribution in [0.1, 0.15) is 22.3 Å². The molecule has 26 heavy (non-hydrogen) atoms. The molecule has 1 aliphatic heterocycles. The molecule has 2 aromatic rings. The number of rotatable bonds is 7. The summed E-state index contributed by atoms with van der Waals surface area (Å²) < 4.78 is 10.7. The second-order valence-electron chi connectivity index (χ2n) is 6.34. The summed E-state index contributed by atoms with van der Waals surface area (Å²) in [4.78, 5) is 26.9. The molecule has 6 heteroatoms. The van der Waals surface area contributed by atoms with E-state index in [0.29, 0.717) is 18.5 Å². The molecule has 1 aromatic carbocycles. The van der Waals surface area contributed by atoms with E-state index in [0.717, 1.165) is 50.2 Å². The maximum absolute atomic E-state index is 12.4. The van der Waals surface area contributed by atoms with Crippen LogP contribution in [0.5, 0.6) is 0 Å². The number of hydrogen-bond donors (Lipinski definition) is 1. The maximum atomic E-state index is 12.4. The lowest BCUT2D eigenvalue weighted by atomic mass is 10.1. The van der Waals surface area contributed by atoms with Gasteiger partial charge < -0.3 is 14.5 Å². The van der Waals surface area contributed by atoms with Gasteiger partial charge in [-0.3, -0.25) is 9.69 Å². The highest BCUT2D eigenvalue weighted by atomic mass is 16.5. The Hall–Kier alpha value is -2.44. The maximum Gasteiger partial charge on any atom is 0.349 e. The molecule has 2 heterocycles. The predicted molar refractivity (Wildman–Crippen MR) is 101 cm³/mol. The number of allylic oxidation sites excluding steroid dienone is 1. The van der Waals surface area contributed by atoms with Gasteiger partial charge in [0.1, 0.15) is 11.1 Å². The summed E-state index contributed by atoms with van der Waals surface area (Å²) in [6, 6.07) is 7.20. The first-order valence-electron chi connectivity index (χ1n) is 8.94. The molecule has 0 bridgehead atoms. The van der Waals surface area contributed by atoms with Gasteiger partial charge in [0.25, 0.3) is 5.91 Å². The lowest BCUT2D eigenvalue weighted by Crippen LogP contribution is -2.38. The molecule has 1 aliphatic rings. The van der Waals surface area contributed by atoms with Crippen LogP contribution < -0.4 is 10.9 Å². The van der Waals surface area contributed by atoms with Crippen molar-refractivity contribution < 1.29 is 13.9 Å². The molecule has 1 amide bonds. The van der Waals surface area contributed by atoms with Crippen LogP contribution in [-0.4, -0.2) is 50.2 Å². The minimum absolute atomic E-state index is 0.0413. The number of morpholine rings is 1. The molecule has 138 valence electrons. The number of hydrogen-bond acceptors (Lipinski definition) is 5. The highest BCUT2D eigenvalue weighted by Crippen LogP contribution is 2.19. The smallest absolute Gasteiger partial charge is 0.349 e. The summed E-state index contributed by atoms with van der Waals surface area (Å²) in [5, 5.41) is 3.55. The number of carbonyl (C=O) groups excluding carboxylic acids is 1. The van der Waals surface area contributed by atoms with Gasteiger partial charge in [-0.1, -0.05) is 24.3 Å². The van der Waals surface area contributed by atoms with E-state index in [1.165, 1.54) is 0 Å². The molecule has 0 spiro atoms. The summed E-state index contributed by atoms with van der Waals surface area (Å²) >= 11 is 0. The minimum Gasteiger partial charge on any atom is -0.422 e. The number of carbonyl (C=O) groups is 1. The van der Waals surface area contributed by atoms with Crippen LogP contribution in [-0.2, 0) is 11.2 Å². The number of para-hydroxylation sites is 1. The summed E-state index contributed by atoms with van der Waals surface area (Å²) in [5.74, 6) is -0.392. The molecule has 0 saturated carbocycles. The Labute approximate surface area is 152 Å². The molecule has 0 unspecified atom stereocenters. The van der Waals surface area contributed by atoms with E-state index >= 15 is 0 Å². The number of fused-ring (bicyclic) bond motifs is 1. The highest BCUT2D eigenvalue weighted by molar-refractivity contribution is 5.96. The van der Waals surface area contributed by atoms with Gasteiger partial charge in [-0.2, -0.15) is 0 Å². The number of amides is 1. The van der Waals surface area contributed by atoms with Crippen molar-refractivity contribution in [2.24, 2.45) is 0 Å². The molecule has 1 N–H and O–H groups in total. The Morgan fingerprint density at radius 3 is 2.88 bits per heavy atom. The second-order valence-corrected chi connectivity index (χ2v) is 6.34. The zero-order valence-corrected chi connectivity index (χ0v) is 14.8. The van der Waals surface area contributed by atoms with Gasteiger partial charge in [0.2, 0.25) is 0 Å². The van der Waals surface area contributed by atoms with E-state index in [1.807, 2.05) is 18.2 Å². The monoisotopic (exact) mass is 356 g/mol. The molecule has 1 aromatic heterocycles. The molecule has 1 saturated heterocycles. The number of ether oxygens (including phenoxy) is 1. The van der Waals surface area contributed by atoms with Crippen molar-refractivity contribution in [3.8, 4) is 0 Å². The van der Waals surface area contributed by atoms with Crippen LogP contribution in [0.15, 0.2) is 46.1 Å². The van der Waals surface area contributed by atoms with Crippen molar-refractivity contribution in [1.82, 2.24) is 10.2 Å². The van der Waals surface area contributed by atoms with Crippen LogP contribution in [0, 0.1) is 0 Å². The summed E-state index contributed by atoms with van der Waals surface area (Å²) in [6.45, 7) is 8.51. The molecule has 0 atom stereocenters. The summed E-state index contributed by atoms with van der Waals surface area (Å²) in [6.07, 6.45) is 3.19. The van der Waals surface area contributed by atoms with Gasteiger partial charge in [-0.05, 0) is 31.0 Å². The minimum atomic E-state index is -0.611. The van der Waals surface area contributed by atoms with E-state index < -0.39 is 11.5 Å². The normalized spacial score (nSPS) is 15.1.